The van der Waals surface area contributed by atoms with Gasteiger partial charge in [0.1, 0.15) is 28.7 Å². The zero-order valence-electron chi connectivity index (χ0n) is 21.3. The molecule has 2 heterocycles. The molecule has 0 aliphatic carbocycles. The predicted octanol–water partition coefficient (Wildman–Crippen LogP) is 6.06. The monoisotopic (exact) mass is 480 g/mol. The Morgan fingerprint density at radius 1 is 0.971 bits per heavy atom. The fourth-order valence-electron chi connectivity index (χ4n) is 4.30. The van der Waals surface area contributed by atoms with Gasteiger partial charge >= 0.3 is 0 Å². The molecule has 8 heteroatoms. The fraction of sp³-hybridized carbons (Fsp3) is 0.370. The number of hydrogen-bond acceptors (Lipinski definition) is 7. The van der Waals surface area contributed by atoms with Crippen LogP contribution in [-0.2, 0) is 5.41 Å². The highest BCUT2D eigenvalue weighted by atomic mass is 16.6. The van der Waals surface area contributed by atoms with Gasteiger partial charge in [0.2, 0.25) is 0 Å². The molecule has 1 aliphatic heterocycles. The Labute approximate surface area is 205 Å². The molecule has 0 saturated heterocycles. The zero-order valence-corrected chi connectivity index (χ0v) is 21.3. The van der Waals surface area contributed by atoms with Crippen molar-refractivity contribution in [3.63, 3.8) is 0 Å². The minimum absolute atomic E-state index is 0.0296. The Hall–Kier alpha value is -3.81. The second-order valence-corrected chi connectivity index (χ2v) is 9.19. The van der Waals surface area contributed by atoms with Gasteiger partial charge in [0.15, 0.2) is 5.76 Å². The molecule has 1 aromatic heterocycles. The van der Waals surface area contributed by atoms with E-state index in [0.717, 1.165) is 24.1 Å². The van der Waals surface area contributed by atoms with E-state index in [4.69, 9.17) is 23.4 Å². The van der Waals surface area contributed by atoms with Crippen molar-refractivity contribution in [3.8, 4) is 28.9 Å². The van der Waals surface area contributed by atoms with Gasteiger partial charge in [-0.3, -0.25) is 4.79 Å². The Kier molecular flexibility index (Phi) is 6.56. The van der Waals surface area contributed by atoms with Crippen LogP contribution < -0.4 is 29.6 Å². The molecule has 3 aromatic rings. The fourth-order valence-corrected chi connectivity index (χ4v) is 4.30. The summed E-state index contributed by atoms with van der Waals surface area (Å²) in [4.78, 5) is 13.0. The lowest BCUT2D eigenvalue weighted by Crippen LogP contribution is -2.29. The number of hydrogen-bond donors (Lipinski definition) is 2. The molecule has 1 aliphatic rings. The molecule has 0 unspecified atom stereocenters. The summed E-state index contributed by atoms with van der Waals surface area (Å²) in [6, 6.07) is 8.59. The van der Waals surface area contributed by atoms with Crippen molar-refractivity contribution in [3.05, 3.63) is 52.8 Å². The molecule has 4 rings (SSSR count). The number of carbonyl (C=O) groups excluding carboxylic acids is 1. The zero-order chi connectivity index (χ0) is 25.3. The molecule has 1 amide bonds. The summed E-state index contributed by atoms with van der Waals surface area (Å²) in [6.45, 7) is 9.53. The third-order valence-corrected chi connectivity index (χ3v) is 6.60. The highest BCUT2D eigenvalue weighted by molar-refractivity contribution is 6.04. The number of amides is 1. The van der Waals surface area contributed by atoms with Gasteiger partial charge in [-0.1, -0.05) is 13.8 Å². The number of carbonyl (C=O) groups is 1. The summed E-state index contributed by atoms with van der Waals surface area (Å²) in [5.74, 6) is 1.90. The molecule has 8 nitrogen and oxygen atoms in total. The molecule has 0 atom stereocenters. The molecule has 0 spiro atoms. The number of nitrogens with one attached hydrogen (secondary N) is 2. The second kappa shape index (κ2) is 9.44. The molecule has 0 bridgehead atoms. The van der Waals surface area contributed by atoms with E-state index in [-0.39, 0.29) is 17.1 Å². The summed E-state index contributed by atoms with van der Waals surface area (Å²) >= 11 is 0. The second-order valence-electron chi connectivity index (χ2n) is 9.19. The van der Waals surface area contributed by atoms with Gasteiger partial charge in [0, 0.05) is 30.4 Å². The Morgan fingerprint density at radius 3 is 2.29 bits per heavy atom. The number of anilines is 2. The molecular formula is C27H32N2O6. The third kappa shape index (κ3) is 4.60. The first-order chi connectivity index (χ1) is 16.7. The molecule has 2 N–H and O–H groups in total. The summed E-state index contributed by atoms with van der Waals surface area (Å²) in [5, 5.41) is 6.32. The molecule has 35 heavy (non-hydrogen) atoms. The van der Waals surface area contributed by atoms with Crippen LogP contribution in [0.3, 0.4) is 0 Å². The van der Waals surface area contributed by atoms with E-state index in [0.29, 0.717) is 28.7 Å². The molecule has 0 saturated carbocycles. The van der Waals surface area contributed by atoms with E-state index in [1.165, 1.54) is 25.5 Å². The Balaban J connectivity index is 1.58. The minimum atomic E-state index is -0.467. The normalized spacial score (nSPS) is 13.9. The van der Waals surface area contributed by atoms with Crippen LogP contribution in [0, 0.1) is 13.8 Å². The van der Waals surface area contributed by atoms with Crippen LogP contribution in [0.2, 0.25) is 0 Å². The number of methoxy groups -OCH3 is 3. The molecule has 2 aromatic carbocycles. The van der Waals surface area contributed by atoms with Crippen molar-refractivity contribution in [2.24, 2.45) is 0 Å². The Morgan fingerprint density at radius 2 is 1.66 bits per heavy atom. The third-order valence-electron chi connectivity index (χ3n) is 6.60. The minimum Gasteiger partial charge on any atom is -0.496 e. The quantitative estimate of drug-likeness (QED) is 0.425. The Bertz CT molecular complexity index is 1240. The smallest absolute Gasteiger partial charge is 0.291 e. The summed E-state index contributed by atoms with van der Waals surface area (Å²) in [5.41, 5.74) is 4.95. The van der Waals surface area contributed by atoms with Crippen LogP contribution >= 0.6 is 0 Å². The first-order valence-electron chi connectivity index (χ1n) is 11.5. The highest BCUT2D eigenvalue weighted by Gasteiger charge is 2.30. The predicted molar refractivity (Wildman–Crippen MR) is 135 cm³/mol. The number of benzene rings is 2. The maximum atomic E-state index is 13.0. The van der Waals surface area contributed by atoms with Crippen molar-refractivity contribution < 1.29 is 28.2 Å². The maximum absolute atomic E-state index is 13.0. The van der Waals surface area contributed by atoms with Crippen LogP contribution in [0.5, 0.6) is 28.9 Å². The number of furan rings is 1. The van der Waals surface area contributed by atoms with E-state index in [1.807, 2.05) is 6.92 Å². The van der Waals surface area contributed by atoms with Gasteiger partial charge in [-0.25, -0.2) is 0 Å². The van der Waals surface area contributed by atoms with Crippen molar-refractivity contribution >= 4 is 17.3 Å². The van der Waals surface area contributed by atoms with Crippen LogP contribution in [-0.4, -0.2) is 33.8 Å². The first-order valence-corrected chi connectivity index (χ1v) is 11.5. The molecule has 186 valence electrons. The average Bonchev–Trinajstić information content (AvgIpc) is 3.31. The van der Waals surface area contributed by atoms with E-state index < -0.39 is 5.91 Å². The van der Waals surface area contributed by atoms with E-state index >= 15 is 0 Å². The lowest BCUT2D eigenvalue weighted by molar-refractivity contribution is 0.0991. The van der Waals surface area contributed by atoms with Gasteiger partial charge in [0.05, 0.1) is 21.3 Å². The lowest BCUT2D eigenvalue weighted by atomic mass is 9.76. The summed E-state index contributed by atoms with van der Waals surface area (Å²) in [6.07, 6.45) is 1.03. The van der Waals surface area contributed by atoms with Gasteiger partial charge in [-0.15, -0.1) is 0 Å². The van der Waals surface area contributed by atoms with Crippen LogP contribution in [0.4, 0.5) is 11.4 Å². The number of rotatable bonds is 7. The summed E-state index contributed by atoms with van der Waals surface area (Å²) in [7, 11) is 4.55. The number of ether oxygens (including phenoxy) is 4. The molecule has 0 radical (unpaired) electrons. The SMILES string of the molecule is COc1cc(OC)c(NC(=O)c2ccc(Oc3cc4c(c(C)c3C)NCCC4(C)C)o2)c(OC)c1. The first kappa shape index (κ1) is 24.3. The topological polar surface area (TPSA) is 91.2 Å². The van der Waals surface area contributed by atoms with Gasteiger partial charge in [-0.2, -0.15) is 0 Å². The van der Waals surface area contributed by atoms with Crippen molar-refractivity contribution in [1.29, 1.82) is 0 Å². The average molecular weight is 481 g/mol. The molecule has 0 fully saturated rings. The van der Waals surface area contributed by atoms with E-state index in [2.05, 4.69) is 37.5 Å². The van der Waals surface area contributed by atoms with Crippen molar-refractivity contribution in [2.45, 2.75) is 39.5 Å². The highest BCUT2D eigenvalue weighted by Crippen LogP contribution is 2.44. The standard InChI is InChI=1S/C27H32N2O6/c1-15-16(2)24-18(27(3,4)10-11-28-24)14-20(15)35-23-9-8-19(34-23)26(30)29-25-21(32-6)12-17(31-5)13-22(25)33-7/h8-9,12-14,28H,10-11H2,1-7H3,(H,29,30). The molecular weight excluding hydrogens is 448 g/mol. The van der Waals surface area contributed by atoms with Crippen molar-refractivity contribution in [1.82, 2.24) is 0 Å². The van der Waals surface area contributed by atoms with Gasteiger partial charge in [0.25, 0.3) is 11.9 Å². The van der Waals surface area contributed by atoms with E-state index in [9.17, 15) is 4.79 Å². The lowest BCUT2D eigenvalue weighted by Gasteiger charge is -2.35. The van der Waals surface area contributed by atoms with Crippen LogP contribution in [0.1, 0.15) is 47.5 Å². The summed E-state index contributed by atoms with van der Waals surface area (Å²) < 4.78 is 27.9. The largest absolute Gasteiger partial charge is 0.496 e. The number of fused-ring (bicyclic) bond motifs is 1. The van der Waals surface area contributed by atoms with Crippen LogP contribution in [0.25, 0.3) is 0 Å². The van der Waals surface area contributed by atoms with Gasteiger partial charge in [-0.05, 0) is 54.5 Å². The van der Waals surface area contributed by atoms with Crippen LogP contribution in [0.15, 0.2) is 34.7 Å². The van der Waals surface area contributed by atoms with Gasteiger partial charge < -0.3 is 34.0 Å². The van der Waals surface area contributed by atoms with E-state index in [1.54, 1.807) is 31.4 Å². The maximum Gasteiger partial charge on any atom is 0.291 e. The van der Waals surface area contributed by atoms with Crippen molar-refractivity contribution in [2.75, 3.05) is 38.5 Å².